The van der Waals surface area contributed by atoms with Gasteiger partial charge in [-0.2, -0.15) is 0 Å². The van der Waals surface area contributed by atoms with E-state index >= 15 is 0 Å². The molecule has 18 heteroatoms. The zero-order valence-electron chi connectivity index (χ0n) is 34.8. The molecule has 1 aromatic heterocycles. The van der Waals surface area contributed by atoms with E-state index in [0.717, 1.165) is 10.5 Å². The van der Waals surface area contributed by atoms with Crippen LogP contribution in [0, 0.1) is 5.92 Å². The molecule has 1 aliphatic heterocycles. The summed E-state index contributed by atoms with van der Waals surface area (Å²) in [5.41, 5.74) is -0.990. The molecule has 1 unspecified atom stereocenters. The summed E-state index contributed by atoms with van der Waals surface area (Å²) in [6, 6.07) is 20.8. The van der Waals surface area contributed by atoms with Crippen LogP contribution in [-0.2, 0) is 29.2 Å². The van der Waals surface area contributed by atoms with Crippen LogP contribution in [0.2, 0.25) is 0 Å². The lowest BCUT2D eigenvalue weighted by Crippen LogP contribution is -2.63. The quantitative estimate of drug-likeness (QED) is 0.0933. The maximum absolute atomic E-state index is 15.0. The number of likely N-dealkylation sites (tertiary alicyclic amines) is 1. The number of carbonyl (C=O) groups excluding carboxylic acids is 4. The summed E-state index contributed by atoms with van der Waals surface area (Å²) in [6.45, 7) is 9.48. The molecule has 0 bridgehead atoms. The minimum absolute atomic E-state index is 0.0178. The fourth-order valence-corrected chi connectivity index (χ4v) is 8.85. The summed E-state index contributed by atoms with van der Waals surface area (Å²) in [5, 5.41) is 16.5. The van der Waals surface area contributed by atoms with Gasteiger partial charge in [0, 0.05) is 47.5 Å². The molecule has 2 heterocycles. The van der Waals surface area contributed by atoms with Crippen molar-refractivity contribution in [3.63, 3.8) is 0 Å². The molecular formula is C44H49BrN6O10S. The molecular weight excluding hydrogens is 884 g/mol. The van der Waals surface area contributed by atoms with Gasteiger partial charge in [-0.15, -0.1) is 6.58 Å². The summed E-state index contributed by atoms with van der Waals surface area (Å²) >= 11 is 3.20. The Balaban J connectivity index is 1.39. The van der Waals surface area contributed by atoms with Crippen molar-refractivity contribution >= 4 is 66.6 Å². The van der Waals surface area contributed by atoms with Gasteiger partial charge in [0.2, 0.25) is 17.7 Å². The van der Waals surface area contributed by atoms with Crippen LogP contribution in [0.25, 0.3) is 22.2 Å². The van der Waals surface area contributed by atoms with E-state index in [1.165, 1.54) is 42.4 Å². The first-order valence-corrected chi connectivity index (χ1v) is 22.2. The van der Waals surface area contributed by atoms with Crippen LogP contribution in [0.1, 0.15) is 40.5 Å². The van der Waals surface area contributed by atoms with E-state index < -0.39 is 86.3 Å². The van der Waals surface area contributed by atoms with Crippen molar-refractivity contribution in [1.29, 1.82) is 0 Å². The summed E-state index contributed by atoms with van der Waals surface area (Å²) in [7, 11) is -2.81. The van der Waals surface area contributed by atoms with Crippen LogP contribution < -0.4 is 24.8 Å². The zero-order valence-corrected chi connectivity index (χ0v) is 37.2. The topological polar surface area (TPSA) is 214 Å². The van der Waals surface area contributed by atoms with Gasteiger partial charge in [-0.05, 0) is 58.4 Å². The minimum Gasteiger partial charge on any atom is -0.497 e. The van der Waals surface area contributed by atoms with Gasteiger partial charge in [0.05, 0.1) is 34.6 Å². The molecule has 328 valence electrons. The molecule has 5 amide bonds. The third-order valence-electron chi connectivity index (χ3n) is 10.9. The lowest BCUT2D eigenvalue weighted by Gasteiger charge is -2.41. The molecule has 1 saturated carbocycles. The van der Waals surface area contributed by atoms with Crippen molar-refractivity contribution < 1.29 is 47.0 Å². The SMILES string of the molecule is C=C[C@@H]1C[C@]1(NC(=O)[C@@H]1C[C@@H](Oc2cc(-c3ccccc3)nc3cc(OC)ccc23)CN1C(=O)C(CNC(=O)[C@H](C)Br)N(C(=O)O)C(C)(C)C)C(=O)NS(=O)(=O)c1ccccc1. The van der Waals surface area contributed by atoms with Crippen molar-refractivity contribution in [3.05, 3.63) is 97.6 Å². The number of alkyl halides is 1. The van der Waals surface area contributed by atoms with Crippen LogP contribution in [-0.4, -0.2) is 112 Å². The maximum Gasteiger partial charge on any atom is 0.408 e. The second kappa shape index (κ2) is 18.1. The van der Waals surface area contributed by atoms with Crippen LogP contribution in [0.4, 0.5) is 4.79 Å². The Labute approximate surface area is 368 Å². The Bertz CT molecular complexity index is 2480. The molecule has 4 aromatic rings. The number of nitrogens with zero attached hydrogens (tertiary/aromatic N) is 3. The third kappa shape index (κ3) is 9.70. The van der Waals surface area contributed by atoms with Crippen LogP contribution in [0.5, 0.6) is 11.5 Å². The van der Waals surface area contributed by atoms with Crippen molar-refractivity contribution in [2.24, 2.45) is 5.92 Å². The number of aromatic nitrogens is 1. The molecule has 4 N–H and O–H groups in total. The van der Waals surface area contributed by atoms with E-state index in [1.807, 2.05) is 30.3 Å². The zero-order chi connectivity index (χ0) is 45.1. The summed E-state index contributed by atoms with van der Waals surface area (Å²) in [5.74, 6) is -2.86. The number of ether oxygens (including phenoxy) is 2. The number of carbonyl (C=O) groups is 5. The highest BCUT2D eigenvalue weighted by Crippen LogP contribution is 2.45. The highest BCUT2D eigenvalue weighted by molar-refractivity contribution is 9.10. The van der Waals surface area contributed by atoms with Gasteiger partial charge < -0.3 is 30.1 Å². The minimum atomic E-state index is -4.35. The number of carboxylic acid groups (broad SMARTS) is 1. The Kier molecular flexibility index (Phi) is 13.3. The Morgan fingerprint density at radius 3 is 2.29 bits per heavy atom. The van der Waals surface area contributed by atoms with Crippen molar-refractivity contribution in [3.8, 4) is 22.8 Å². The van der Waals surface area contributed by atoms with E-state index in [1.54, 1.807) is 58.0 Å². The Hall–Kier alpha value is -6.01. The largest absolute Gasteiger partial charge is 0.497 e. The van der Waals surface area contributed by atoms with Gasteiger partial charge in [0.25, 0.3) is 15.9 Å². The molecule has 62 heavy (non-hydrogen) atoms. The molecule has 6 rings (SSSR count). The Morgan fingerprint density at radius 2 is 1.71 bits per heavy atom. The fraction of sp³-hybridized carbons (Fsp3) is 0.364. The van der Waals surface area contributed by atoms with E-state index in [4.69, 9.17) is 14.5 Å². The normalized spacial score (nSPS) is 20.6. The smallest absolute Gasteiger partial charge is 0.408 e. The first-order valence-electron chi connectivity index (χ1n) is 19.8. The first kappa shape index (κ1) is 45.5. The molecule has 0 radical (unpaired) electrons. The number of hydrogen-bond acceptors (Lipinski definition) is 10. The average Bonchev–Trinajstić information content (AvgIpc) is 3.80. The standard InChI is InChI=1S/C44H49BrN6O10S/c1-7-28-23-44(28,41(55)49-62(58,59)31-16-12-9-13-17-31)48-39(53)35-21-30(25-50(35)40(54)36(24-46-38(52)26(2)45)51(42(56)57)43(3,4)5)61-37-22-33(27-14-10-8-11-15-27)47-34-20-29(60-6)18-19-32(34)37/h7-20,22,26,28,30,35-36H,1,21,23-25H2,2-6H3,(H,46,52)(H,48,53)(H,49,55)(H,56,57)/t26-,28+,30+,35-,36?,44+/m0/s1. The molecule has 16 nitrogen and oxygen atoms in total. The number of benzene rings is 3. The highest BCUT2D eigenvalue weighted by Gasteiger charge is 2.61. The second-order valence-corrected chi connectivity index (χ2v) is 19.2. The third-order valence-corrected chi connectivity index (χ3v) is 12.6. The molecule has 0 spiro atoms. The summed E-state index contributed by atoms with van der Waals surface area (Å²) in [6.07, 6.45) is -1.00. The number of halogens is 1. The van der Waals surface area contributed by atoms with E-state index in [2.05, 4.69) is 37.9 Å². The number of rotatable bonds is 15. The van der Waals surface area contributed by atoms with Crippen molar-refractivity contribution in [2.75, 3.05) is 20.2 Å². The van der Waals surface area contributed by atoms with Gasteiger partial charge in [0.1, 0.15) is 35.2 Å². The van der Waals surface area contributed by atoms with Crippen molar-refractivity contribution in [1.82, 2.24) is 30.1 Å². The van der Waals surface area contributed by atoms with Gasteiger partial charge in [-0.3, -0.25) is 24.1 Å². The molecule has 1 aliphatic carbocycles. The van der Waals surface area contributed by atoms with E-state index in [9.17, 15) is 37.5 Å². The summed E-state index contributed by atoms with van der Waals surface area (Å²) in [4.78, 5) is 75.3. The molecule has 3 aromatic carbocycles. The van der Waals surface area contributed by atoms with Gasteiger partial charge in [0.15, 0.2) is 0 Å². The maximum atomic E-state index is 15.0. The van der Waals surface area contributed by atoms with E-state index in [-0.39, 0.29) is 24.3 Å². The second-order valence-electron chi connectivity index (χ2n) is 16.2. The number of methoxy groups -OCH3 is 1. The van der Waals surface area contributed by atoms with Gasteiger partial charge >= 0.3 is 6.09 Å². The number of nitrogens with one attached hydrogen (secondary N) is 3. The molecule has 6 atom stereocenters. The van der Waals surface area contributed by atoms with Gasteiger partial charge in [-0.25, -0.2) is 22.9 Å². The highest BCUT2D eigenvalue weighted by atomic mass is 79.9. The lowest BCUT2D eigenvalue weighted by atomic mass is 10.0. The van der Waals surface area contributed by atoms with Crippen LogP contribution >= 0.6 is 15.9 Å². The lowest BCUT2D eigenvalue weighted by molar-refractivity contribution is -0.144. The average molecular weight is 934 g/mol. The van der Waals surface area contributed by atoms with Gasteiger partial charge in [-0.1, -0.05) is 70.5 Å². The number of amides is 5. The van der Waals surface area contributed by atoms with Crippen LogP contribution in [0.3, 0.4) is 0 Å². The van der Waals surface area contributed by atoms with E-state index in [0.29, 0.717) is 28.1 Å². The van der Waals surface area contributed by atoms with Crippen molar-refractivity contribution in [2.45, 2.75) is 79.5 Å². The number of hydrogen-bond donors (Lipinski definition) is 4. The molecule has 2 aliphatic rings. The number of fused-ring (bicyclic) bond motifs is 1. The summed E-state index contributed by atoms with van der Waals surface area (Å²) < 4.78 is 40.7. The molecule has 2 fully saturated rings. The monoisotopic (exact) mass is 932 g/mol. The number of pyridine rings is 1. The fourth-order valence-electron chi connectivity index (χ4n) is 7.63. The number of sulfonamides is 1. The predicted octanol–water partition coefficient (Wildman–Crippen LogP) is 4.87. The molecule has 1 saturated heterocycles. The Morgan fingerprint density at radius 1 is 1.05 bits per heavy atom. The first-order chi connectivity index (χ1) is 29.3. The predicted molar refractivity (Wildman–Crippen MR) is 234 cm³/mol. The van der Waals surface area contributed by atoms with Crippen LogP contribution in [0.15, 0.2) is 102 Å².